The topological polar surface area (TPSA) is 20.3 Å². The van der Waals surface area contributed by atoms with Crippen molar-refractivity contribution in [1.29, 1.82) is 0 Å². The molecule has 1 fully saturated rings. The largest absolute Gasteiger partial charge is 0.344 e. The molecule has 118 valence electrons. The maximum atomic E-state index is 12.3. The van der Waals surface area contributed by atoms with Crippen LogP contribution in [0.1, 0.15) is 18.9 Å². The molecule has 2 aliphatic heterocycles. The van der Waals surface area contributed by atoms with Gasteiger partial charge in [0.05, 0.1) is 4.91 Å². The fraction of sp³-hybridized carbons (Fsp3) is 0.250. The van der Waals surface area contributed by atoms with Gasteiger partial charge >= 0.3 is 0 Å². The van der Waals surface area contributed by atoms with Crippen LogP contribution >= 0.6 is 11.8 Å². The second-order valence-corrected chi connectivity index (χ2v) is 7.36. The average Bonchev–Trinajstić information content (AvgIpc) is 2.52. The Hall–Kier alpha value is -2.00. The van der Waals surface area contributed by atoms with Crippen LogP contribution in [0.3, 0.4) is 0 Å². The minimum Gasteiger partial charge on any atom is -0.344 e. The number of aryl methyl sites for hydroxylation is 1. The van der Waals surface area contributed by atoms with E-state index in [9.17, 15) is 4.79 Å². The Morgan fingerprint density at radius 3 is 3.00 bits per heavy atom. The smallest absolute Gasteiger partial charge is 0.172 e. The van der Waals surface area contributed by atoms with Gasteiger partial charge < -0.3 is 4.90 Å². The van der Waals surface area contributed by atoms with E-state index in [0.717, 1.165) is 28.3 Å². The van der Waals surface area contributed by atoms with Gasteiger partial charge in [-0.3, -0.25) is 4.79 Å². The predicted octanol–water partition coefficient (Wildman–Crippen LogP) is 4.99. The average molecular weight is 323 g/mol. The number of hydrogen-bond donors (Lipinski definition) is 0. The van der Waals surface area contributed by atoms with Crippen LogP contribution < -0.4 is 4.90 Å². The molecular formula is C20H21NOS. The molecule has 23 heavy (non-hydrogen) atoms. The highest BCUT2D eigenvalue weighted by Gasteiger charge is 2.25. The molecule has 0 aromatic heterocycles. The SMILES string of the molecule is C=C1CC(C)C(=O)/C(=C/C2=CN(c3cccc(C)c3)CC=C2)S1. The minimum atomic E-state index is 0.0380. The third-order valence-corrected chi connectivity index (χ3v) is 5.02. The molecule has 0 radical (unpaired) electrons. The Morgan fingerprint density at radius 1 is 1.39 bits per heavy atom. The summed E-state index contributed by atoms with van der Waals surface area (Å²) < 4.78 is 0. The number of rotatable bonds is 2. The maximum absolute atomic E-state index is 12.3. The molecule has 2 aliphatic rings. The Bertz CT molecular complexity index is 742. The summed E-state index contributed by atoms with van der Waals surface area (Å²) in [5.74, 6) is 0.264. The van der Waals surface area contributed by atoms with Gasteiger partial charge in [0.2, 0.25) is 0 Å². The second kappa shape index (κ2) is 6.63. The first-order valence-corrected chi connectivity index (χ1v) is 8.68. The summed E-state index contributed by atoms with van der Waals surface area (Å²) in [6, 6.07) is 8.45. The van der Waals surface area contributed by atoms with E-state index in [2.05, 4.69) is 61.0 Å². The normalized spacial score (nSPS) is 23.4. The minimum absolute atomic E-state index is 0.0380. The molecule has 1 saturated heterocycles. The van der Waals surface area contributed by atoms with Crippen LogP contribution in [0.15, 0.2) is 70.7 Å². The van der Waals surface area contributed by atoms with Crippen molar-refractivity contribution in [2.75, 3.05) is 11.4 Å². The van der Waals surface area contributed by atoms with E-state index in [-0.39, 0.29) is 11.7 Å². The zero-order valence-corrected chi connectivity index (χ0v) is 14.4. The van der Waals surface area contributed by atoms with E-state index in [1.807, 2.05) is 13.0 Å². The highest BCUT2D eigenvalue weighted by molar-refractivity contribution is 8.07. The highest BCUT2D eigenvalue weighted by atomic mass is 32.2. The van der Waals surface area contributed by atoms with Crippen molar-refractivity contribution >= 4 is 23.2 Å². The van der Waals surface area contributed by atoms with Crippen LogP contribution in [0.4, 0.5) is 5.69 Å². The van der Waals surface area contributed by atoms with Gasteiger partial charge in [-0.1, -0.05) is 49.5 Å². The molecule has 3 rings (SSSR count). The summed E-state index contributed by atoms with van der Waals surface area (Å²) in [5.41, 5.74) is 3.47. The second-order valence-electron chi connectivity index (χ2n) is 6.14. The summed E-state index contributed by atoms with van der Waals surface area (Å²) in [5, 5.41) is 0. The number of nitrogens with zero attached hydrogens (tertiary/aromatic N) is 1. The van der Waals surface area contributed by atoms with E-state index in [1.165, 1.54) is 23.0 Å². The zero-order chi connectivity index (χ0) is 16.4. The number of carbonyl (C=O) groups is 1. The first-order chi connectivity index (χ1) is 11.0. The number of carbonyl (C=O) groups excluding carboxylic acids is 1. The van der Waals surface area contributed by atoms with Crippen molar-refractivity contribution in [1.82, 2.24) is 0 Å². The molecule has 3 heteroatoms. The lowest BCUT2D eigenvalue weighted by molar-refractivity contribution is -0.118. The molecule has 0 bridgehead atoms. The molecule has 0 amide bonds. The molecule has 0 N–H and O–H groups in total. The van der Waals surface area contributed by atoms with E-state index in [1.54, 1.807) is 0 Å². The number of hydrogen-bond acceptors (Lipinski definition) is 3. The molecular weight excluding hydrogens is 302 g/mol. The summed E-state index contributed by atoms with van der Waals surface area (Å²) in [6.07, 6.45) is 9.09. The van der Waals surface area contributed by atoms with Gasteiger partial charge in [-0.2, -0.15) is 0 Å². The van der Waals surface area contributed by atoms with E-state index in [4.69, 9.17) is 0 Å². The summed E-state index contributed by atoms with van der Waals surface area (Å²) in [7, 11) is 0. The summed E-state index contributed by atoms with van der Waals surface area (Å²) in [4.78, 5) is 16.4. The Kier molecular flexibility index (Phi) is 4.58. The quantitative estimate of drug-likeness (QED) is 0.715. The third kappa shape index (κ3) is 3.67. The van der Waals surface area contributed by atoms with Crippen molar-refractivity contribution in [3.63, 3.8) is 0 Å². The Labute approximate surface area is 142 Å². The number of Topliss-reactive ketones (excluding diaryl/α,β-unsaturated/α-hetero) is 1. The van der Waals surface area contributed by atoms with Crippen LogP contribution in [0, 0.1) is 12.8 Å². The maximum Gasteiger partial charge on any atom is 0.172 e. The number of allylic oxidation sites excluding steroid dienone is 5. The standard InChI is InChI=1S/C20H21NOS/c1-14-6-4-8-18(10-14)21-9-5-7-17(13-21)12-19-20(22)15(2)11-16(3)23-19/h4-8,10,12-13,15H,3,9,11H2,1-2H3/b19-12-. The van der Waals surface area contributed by atoms with Crippen LogP contribution in [-0.2, 0) is 4.79 Å². The number of anilines is 1. The Balaban J connectivity index is 1.87. The van der Waals surface area contributed by atoms with Crippen LogP contribution in [0.2, 0.25) is 0 Å². The lowest BCUT2D eigenvalue weighted by Gasteiger charge is -2.24. The molecule has 1 aromatic carbocycles. The van der Waals surface area contributed by atoms with Gasteiger partial charge in [-0.05, 0) is 47.6 Å². The van der Waals surface area contributed by atoms with Crippen molar-refractivity contribution in [3.05, 3.63) is 76.2 Å². The summed E-state index contributed by atoms with van der Waals surface area (Å²) >= 11 is 1.52. The highest BCUT2D eigenvalue weighted by Crippen LogP contribution is 2.38. The Morgan fingerprint density at radius 2 is 2.22 bits per heavy atom. The number of ketones is 1. The lowest BCUT2D eigenvalue weighted by Crippen LogP contribution is -2.20. The van der Waals surface area contributed by atoms with Crippen LogP contribution in [0.5, 0.6) is 0 Å². The van der Waals surface area contributed by atoms with Gasteiger partial charge in [0.1, 0.15) is 0 Å². The first kappa shape index (κ1) is 15.9. The molecule has 0 spiro atoms. The predicted molar refractivity (Wildman–Crippen MR) is 99.4 cm³/mol. The fourth-order valence-corrected chi connectivity index (χ4v) is 3.97. The first-order valence-electron chi connectivity index (χ1n) is 7.86. The van der Waals surface area contributed by atoms with Crippen LogP contribution in [0.25, 0.3) is 0 Å². The van der Waals surface area contributed by atoms with Gasteiger partial charge in [-0.25, -0.2) is 0 Å². The van der Waals surface area contributed by atoms with Gasteiger partial charge in [0.15, 0.2) is 5.78 Å². The molecule has 1 aromatic rings. The van der Waals surface area contributed by atoms with Gasteiger partial charge in [-0.15, -0.1) is 0 Å². The van der Waals surface area contributed by atoms with Crippen molar-refractivity contribution in [3.8, 4) is 0 Å². The summed E-state index contributed by atoms with van der Waals surface area (Å²) in [6.45, 7) is 8.96. The molecule has 0 saturated carbocycles. The molecule has 2 heterocycles. The van der Waals surface area contributed by atoms with Gasteiger partial charge in [0.25, 0.3) is 0 Å². The monoisotopic (exact) mass is 323 g/mol. The van der Waals surface area contributed by atoms with E-state index < -0.39 is 0 Å². The molecule has 0 aliphatic carbocycles. The van der Waals surface area contributed by atoms with Crippen molar-refractivity contribution < 1.29 is 4.79 Å². The van der Waals surface area contributed by atoms with Crippen molar-refractivity contribution in [2.24, 2.45) is 5.92 Å². The van der Waals surface area contributed by atoms with E-state index >= 15 is 0 Å². The lowest BCUT2D eigenvalue weighted by atomic mass is 10.0. The zero-order valence-electron chi connectivity index (χ0n) is 13.6. The fourth-order valence-electron chi connectivity index (χ4n) is 2.83. The van der Waals surface area contributed by atoms with Gasteiger partial charge in [0, 0.05) is 24.4 Å². The van der Waals surface area contributed by atoms with Crippen molar-refractivity contribution in [2.45, 2.75) is 20.3 Å². The molecule has 1 unspecified atom stereocenters. The number of benzene rings is 1. The number of thioether (sulfide) groups is 1. The molecule has 2 nitrogen and oxygen atoms in total. The van der Waals surface area contributed by atoms with E-state index in [0.29, 0.717) is 0 Å². The van der Waals surface area contributed by atoms with Crippen LogP contribution in [-0.4, -0.2) is 12.3 Å². The molecule has 1 atom stereocenters. The third-order valence-electron chi connectivity index (χ3n) is 4.03.